The van der Waals surface area contributed by atoms with Gasteiger partial charge in [-0.25, -0.2) is 0 Å². The summed E-state index contributed by atoms with van der Waals surface area (Å²) >= 11 is 4.81. The van der Waals surface area contributed by atoms with E-state index in [0.29, 0.717) is 0 Å². The summed E-state index contributed by atoms with van der Waals surface area (Å²) in [7, 11) is 1.66. The zero-order valence-electron chi connectivity index (χ0n) is 10.6. The average Bonchev–Trinajstić information content (AvgIpc) is 2.79. The zero-order chi connectivity index (χ0) is 13.9. The molecule has 4 heteroatoms. The molecule has 0 fully saturated rings. The van der Waals surface area contributed by atoms with Crippen molar-refractivity contribution in [2.45, 2.75) is 4.90 Å². The Balaban J connectivity index is 2.27. The Bertz CT molecular complexity index is 902. The third-order valence-electron chi connectivity index (χ3n) is 3.63. The van der Waals surface area contributed by atoms with E-state index in [1.165, 1.54) is 11.8 Å². The van der Waals surface area contributed by atoms with E-state index < -0.39 is 0 Å². The molecule has 0 N–H and O–H groups in total. The third kappa shape index (κ3) is 1.55. The van der Waals surface area contributed by atoms with Gasteiger partial charge < -0.3 is 4.74 Å². The summed E-state index contributed by atoms with van der Waals surface area (Å²) < 4.78 is 6.46. The molecule has 3 aromatic rings. The molecule has 3 aromatic carbocycles. The smallest absolute Gasteiger partial charge is 0.224 e. The second kappa shape index (κ2) is 4.24. The molecule has 0 amide bonds. The SMILES string of the molecule is COc1ccc2c3c(c4cc(Br)ccc4cc13)SC2=O. The van der Waals surface area contributed by atoms with Crippen LogP contribution >= 0.6 is 27.7 Å². The maximum atomic E-state index is 12.2. The first-order valence-electron chi connectivity index (χ1n) is 6.14. The standard InChI is InChI=1S/C16H9BrO2S/c1-19-13-5-4-10-14-12(13)6-8-2-3-9(17)7-11(8)15(14)20-16(10)18/h2-7H,1H3. The lowest BCUT2D eigenvalue weighted by Gasteiger charge is -2.09. The van der Waals surface area contributed by atoms with Crippen LogP contribution in [-0.2, 0) is 0 Å². The molecule has 0 saturated heterocycles. The highest BCUT2D eigenvalue weighted by molar-refractivity contribution is 9.10. The van der Waals surface area contributed by atoms with Crippen LogP contribution in [0.4, 0.5) is 0 Å². The molecule has 20 heavy (non-hydrogen) atoms. The highest BCUT2D eigenvalue weighted by atomic mass is 79.9. The van der Waals surface area contributed by atoms with Crippen molar-refractivity contribution in [3.05, 3.63) is 46.4 Å². The van der Waals surface area contributed by atoms with Gasteiger partial charge in [0.1, 0.15) is 5.75 Å². The van der Waals surface area contributed by atoms with E-state index in [1.54, 1.807) is 7.11 Å². The van der Waals surface area contributed by atoms with Gasteiger partial charge in [0.2, 0.25) is 5.12 Å². The molecule has 0 atom stereocenters. The summed E-state index contributed by atoms with van der Waals surface area (Å²) in [5.74, 6) is 0.810. The Morgan fingerprint density at radius 2 is 1.95 bits per heavy atom. The van der Waals surface area contributed by atoms with Crippen molar-refractivity contribution in [1.29, 1.82) is 0 Å². The van der Waals surface area contributed by atoms with E-state index in [9.17, 15) is 4.79 Å². The quantitative estimate of drug-likeness (QED) is 0.580. The number of benzene rings is 3. The van der Waals surface area contributed by atoms with Crippen molar-refractivity contribution >= 4 is 54.4 Å². The van der Waals surface area contributed by atoms with Gasteiger partial charge in [0.05, 0.1) is 7.11 Å². The van der Waals surface area contributed by atoms with E-state index in [0.717, 1.165) is 42.2 Å². The minimum absolute atomic E-state index is 0.111. The number of halogens is 1. The maximum absolute atomic E-state index is 12.2. The number of carbonyl (C=O) groups excluding carboxylic acids is 1. The Labute approximate surface area is 128 Å². The second-order valence-corrected chi connectivity index (χ2v) is 6.60. The lowest BCUT2D eigenvalue weighted by molar-refractivity contribution is 0.109. The first kappa shape index (κ1) is 12.2. The normalized spacial score (nSPS) is 13.4. The summed E-state index contributed by atoms with van der Waals surface area (Å²) in [6.07, 6.45) is 0. The zero-order valence-corrected chi connectivity index (χ0v) is 13.0. The first-order valence-corrected chi connectivity index (χ1v) is 7.75. The largest absolute Gasteiger partial charge is 0.496 e. The van der Waals surface area contributed by atoms with Crippen molar-refractivity contribution in [3.8, 4) is 5.75 Å². The van der Waals surface area contributed by atoms with Gasteiger partial charge in [0, 0.05) is 25.7 Å². The summed E-state index contributed by atoms with van der Waals surface area (Å²) in [5.41, 5.74) is 0.780. The molecule has 2 nitrogen and oxygen atoms in total. The van der Waals surface area contributed by atoms with Gasteiger partial charge in [-0.15, -0.1) is 0 Å². The number of carbonyl (C=O) groups is 1. The van der Waals surface area contributed by atoms with Crippen LogP contribution in [0.25, 0.3) is 21.5 Å². The maximum Gasteiger partial charge on any atom is 0.224 e. The van der Waals surface area contributed by atoms with E-state index in [1.807, 2.05) is 18.2 Å². The molecule has 0 bridgehead atoms. The lowest BCUT2D eigenvalue weighted by atomic mass is 9.99. The molecule has 4 rings (SSSR count). The van der Waals surface area contributed by atoms with Gasteiger partial charge in [-0.05, 0) is 52.9 Å². The van der Waals surface area contributed by atoms with Gasteiger partial charge >= 0.3 is 0 Å². The number of fused-ring (bicyclic) bond motifs is 2. The molecule has 1 aliphatic heterocycles. The average molecular weight is 345 g/mol. The topological polar surface area (TPSA) is 26.3 Å². The van der Waals surface area contributed by atoms with Crippen LogP contribution in [-0.4, -0.2) is 12.2 Å². The summed E-state index contributed by atoms with van der Waals surface area (Å²) in [5, 5.41) is 4.36. The predicted molar refractivity (Wildman–Crippen MR) is 85.9 cm³/mol. The minimum atomic E-state index is 0.111. The monoisotopic (exact) mass is 344 g/mol. The number of ether oxygens (including phenoxy) is 1. The van der Waals surface area contributed by atoms with Gasteiger partial charge in [-0.1, -0.05) is 22.0 Å². The molecule has 0 aliphatic carbocycles. The molecule has 98 valence electrons. The van der Waals surface area contributed by atoms with Crippen molar-refractivity contribution < 1.29 is 9.53 Å². The molecule has 1 heterocycles. The molecule has 0 unspecified atom stereocenters. The molecule has 0 aromatic heterocycles. The van der Waals surface area contributed by atoms with Gasteiger partial charge in [0.25, 0.3) is 0 Å². The molecule has 0 saturated carbocycles. The number of rotatable bonds is 1. The van der Waals surface area contributed by atoms with E-state index in [-0.39, 0.29) is 5.12 Å². The fourth-order valence-corrected chi connectivity index (χ4v) is 4.17. The van der Waals surface area contributed by atoms with E-state index >= 15 is 0 Å². The number of hydrogen-bond acceptors (Lipinski definition) is 3. The van der Waals surface area contributed by atoms with Gasteiger partial charge in [-0.2, -0.15) is 0 Å². The fourth-order valence-electron chi connectivity index (χ4n) is 2.73. The fraction of sp³-hybridized carbons (Fsp3) is 0.0625. The first-order chi connectivity index (χ1) is 9.69. The number of methoxy groups -OCH3 is 1. The van der Waals surface area contributed by atoms with Crippen LogP contribution in [0.5, 0.6) is 5.75 Å². The molecule has 1 aliphatic rings. The van der Waals surface area contributed by atoms with Crippen molar-refractivity contribution in [1.82, 2.24) is 0 Å². The molecular formula is C16H9BrO2S. The van der Waals surface area contributed by atoms with Gasteiger partial charge in [0.15, 0.2) is 0 Å². The Kier molecular flexibility index (Phi) is 2.59. The van der Waals surface area contributed by atoms with Crippen LogP contribution in [0.3, 0.4) is 0 Å². The van der Waals surface area contributed by atoms with Crippen LogP contribution in [0.2, 0.25) is 0 Å². The Morgan fingerprint density at radius 3 is 2.75 bits per heavy atom. The molecular weight excluding hydrogens is 336 g/mol. The lowest BCUT2D eigenvalue weighted by Crippen LogP contribution is -1.90. The highest BCUT2D eigenvalue weighted by Crippen LogP contribution is 2.47. The molecule has 0 spiro atoms. The third-order valence-corrected chi connectivity index (χ3v) is 5.15. The summed E-state index contributed by atoms with van der Waals surface area (Å²) in [4.78, 5) is 13.2. The van der Waals surface area contributed by atoms with Crippen LogP contribution in [0.15, 0.2) is 45.8 Å². The van der Waals surface area contributed by atoms with E-state index in [2.05, 4.69) is 34.1 Å². The molecule has 0 radical (unpaired) electrons. The summed E-state index contributed by atoms with van der Waals surface area (Å²) in [6, 6.07) is 12.0. The van der Waals surface area contributed by atoms with Crippen LogP contribution in [0, 0.1) is 0 Å². The Hall–Kier alpha value is -1.52. The number of hydrogen-bond donors (Lipinski definition) is 0. The van der Waals surface area contributed by atoms with Crippen molar-refractivity contribution in [2.75, 3.05) is 7.11 Å². The highest BCUT2D eigenvalue weighted by Gasteiger charge is 2.26. The van der Waals surface area contributed by atoms with Crippen molar-refractivity contribution in [3.63, 3.8) is 0 Å². The predicted octanol–water partition coefficient (Wildman–Crippen LogP) is 5.01. The Morgan fingerprint density at radius 1 is 1.10 bits per heavy atom. The second-order valence-electron chi connectivity index (χ2n) is 4.70. The van der Waals surface area contributed by atoms with Crippen molar-refractivity contribution in [2.24, 2.45) is 0 Å². The van der Waals surface area contributed by atoms with Crippen LogP contribution in [0.1, 0.15) is 10.4 Å². The number of thioether (sulfide) groups is 1. The summed E-state index contributed by atoms with van der Waals surface area (Å²) in [6.45, 7) is 0. The van der Waals surface area contributed by atoms with Crippen LogP contribution < -0.4 is 4.74 Å². The minimum Gasteiger partial charge on any atom is -0.496 e. The van der Waals surface area contributed by atoms with Gasteiger partial charge in [-0.3, -0.25) is 4.79 Å². The van der Waals surface area contributed by atoms with E-state index in [4.69, 9.17) is 4.74 Å².